The maximum Gasteiger partial charge on any atom is 0.194 e. The highest BCUT2D eigenvalue weighted by molar-refractivity contribution is 5.79. The number of hydrogen-bond donors (Lipinski definition) is 1. The molecule has 0 aliphatic heterocycles. The normalized spacial score (nSPS) is 14.2. The predicted octanol–water partition coefficient (Wildman–Crippen LogP) is 3.34. The lowest BCUT2D eigenvalue weighted by molar-refractivity contribution is 0.115. The van der Waals surface area contributed by atoms with E-state index in [0.29, 0.717) is 6.54 Å². The number of aryl methyl sites for hydroxylation is 2. The number of likely N-dealkylation sites (N-methyl/N-ethyl adjacent to an activating group) is 1. The molecule has 0 amide bonds. The first-order valence-electron chi connectivity index (χ1n) is 10.9. The fourth-order valence-electron chi connectivity index (χ4n) is 3.25. The van der Waals surface area contributed by atoms with Crippen molar-refractivity contribution in [2.24, 2.45) is 10.9 Å². The zero-order chi connectivity index (χ0) is 20.3. The molecule has 1 N–H and O–H groups in total. The monoisotopic (exact) mass is 397 g/mol. The largest absolute Gasteiger partial charge is 0.379 e. The maximum absolute atomic E-state index is 5.77. The van der Waals surface area contributed by atoms with Crippen molar-refractivity contribution in [3.63, 3.8) is 0 Å². The minimum absolute atomic E-state index is 0.577. The zero-order valence-corrected chi connectivity index (χ0v) is 17.9. The van der Waals surface area contributed by atoms with Gasteiger partial charge < -0.3 is 19.5 Å². The summed E-state index contributed by atoms with van der Waals surface area (Å²) >= 11 is 0. The van der Waals surface area contributed by atoms with Crippen LogP contribution in [0.4, 0.5) is 0 Å². The molecule has 1 heterocycles. The second-order valence-electron chi connectivity index (χ2n) is 7.74. The Morgan fingerprint density at radius 1 is 1.31 bits per heavy atom. The minimum atomic E-state index is 0.577. The van der Waals surface area contributed by atoms with Gasteiger partial charge in [0.05, 0.1) is 6.61 Å². The van der Waals surface area contributed by atoms with E-state index in [-0.39, 0.29) is 0 Å². The molecule has 29 heavy (non-hydrogen) atoms. The average molecular weight is 398 g/mol. The van der Waals surface area contributed by atoms with Crippen LogP contribution in [0, 0.1) is 5.92 Å². The van der Waals surface area contributed by atoms with Gasteiger partial charge >= 0.3 is 0 Å². The van der Waals surface area contributed by atoms with Crippen molar-refractivity contribution in [1.82, 2.24) is 19.8 Å². The first kappa shape index (κ1) is 21.4. The van der Waals surface area contributed by atoms with Crippen molar-refractivity contribution >= 4 is 5.96 Å². The van der Waals surface area contributed by atoms with Crippen LogP contribution in [0.3, 0.4) is 0 Å². The number of hydrogen-bond acceptors (Lipinski definition) is 3. The molecule has 1 aromatic carbocycles. The summed E-state index contributed by atoms with van der Waals surface area (Å²) in [6, 6.07) is 10.6. The molecule has 0 bridgehead atoms. The van der Waals surface area contributed by atoms with Gasteiger partial charge in [-0.15, -0.1) is 0 Å². The lowest BCUT2D eigenvalue weighted by Crippen LogP contribution is -2.40. The summed E-state index contributed by atoms with van der Waals surface area (Å²) in [5.41, 5.74) is 1.38. The van der Waals surface area contributed by atoms with E-state index in [1.165, 1.54) is 18.4 Å². The summed E-state index contributed by atoms with van der Waals surface area (Å²) in [7, 11) is 2.06. The van der Waals surface area contributed by atoms with Crippen LogP contribution in [-0.4, -0.2) is 53.8 Å². The molecule has 1 fully saturated rings. The van der Waals surface area contributed by atoms with E-state index in [0.717, 1.165) is 63.4 Å². The average Bonchev–Trinajstić information content (AvgIpc) is 3.46. The Morgan fingerprint density at radius 3 is 2.90 bits per heavy atom. The van der Waals surface area contributed by atoms with Crippen LogP contribution in [0.25, 0.3) is 0 Å². The van der Waals surface area contributed by atoms with Crippen LogP contribution in [0.2, 0.25) is 0 Å². The van der Waals surface area contributed by atoms with E-state index in [4.69, 9.17) is 9.73 Å². The molecule has 6 nitrogen and oxygen atoms in total. The SMILES string of the molecule is CCNC(=NCc1nccn1CCCc1ccccc1)N(C)CCOCC1CC1. The third-order valence-corrected chi connectivity index (χ3v) is 5.20. The fraction of sp³-hybridized carbons (Fsp3) is 0.565. The van der Waals surface area contributed by atoms with Gasteiger partial charge in [0.1, 0.15) is 12.4 Å². The number of rotatable bonds is 12. The number of nitrogens with zero attached hydrogens (tertiary/aromatic N) is 4. The van der Waals surface area contributed by atoms with Gasteiger partial charge in [-0.3, -0.25) is 0 Å². The van der Waals surface area contributed by atoms with Crippen LogP contribution in [0.5, 0.6) is 0 Å². The highest BCUT2D eigenvalue weighted by Gasteiger charge is 2.21. The van der Waals surface area contributed by atoms with Crippen LogP contribution >= 0.6 is 0 Å². The van der Waals surface area contributed by atoms with E-state index >= 15 is 0 Å². The first-order valence-corrected chi connectivity index (χ1v) is 10.9. The van der Waals surface area contributed by atoms with Crippen LogP contribution in [0.1, 0.15) is 37.6 Å². The Bertz CT molecular complexity index is 739. The molecule has 3 rings (SSSR count). The third-order valence-electron chi connectivity index (χ3n) is 5.20. The zero-order valence-electron chi connectivity index (χ0n) is 17.9. The van der Waals surface area contributed by atoms with Gasteiger partial charge in [-0.1, -0.05) is 30.3 Å². The Hall–Kier alpha value is -2.34. The van der Waals surface area contributed by atoms with E-state index in [9.17, 15) is 0 Å². The first-order chi connectivity index (χ1) is 14.3. The lowest BCUT2D eigenvalue weighted by atomic mass is 10.1. The summed E-state index contributed by atoms with van der Waals surface area (Å²) in [6.07, 6.45) is 8.76. The molecule has 0 saturated heterocycles. The van der Waals surface area contributed by atoms with Crippen molar-refractivity contribution in [2.45, 2.75) is 45.7 Å². The summed E-state index contributed by atoms with van der Waals surface area (Å²) < 4.78 is 7.98. The van der Waals surface area contributed by atoms with Crippen LogP contribution < -0.4 is 5.32 Å². The fourth-order valence-corrected chi connectivity index (χ4v) is 3.25. The number of nitrogens with one attached hydrogen (secondary N) is 1. The summed E-state index contributed by atoms with van der Waals surface area (Å²) in [5, 5.41) is 3.37. The molecule has 1 aromatic heterocycles. The molecular weight excluding hydrogens is 362 g/mol. The number of ether oxygens (including phenoxy) is 1. The highest BCUT2D eigenvalue weighted by Crippen LogP contribution is 2.28. The second-order valence-corrected chi connectivity index (χ2v) is 7.74. The van der Waals surface area contributed by atoms with Gasteiger partial charge in [0.2, 0.25) is 0 Å². The molecule has 0 spiro atoms. The van der Waals surface area contributed by atoms with Gasteiger partial charge in [-0.25, -0.2) is 9.98 Å². The van der Waals surface area contributed by atoms with Crippen LogP contribution in [-0.2, 0) is 24.2 Å². The Morgan fingerprint density at radius 2 is 2.14 bits per heavy atom. The number of benzene rings is 1. The van der Waals surface area contributed by atoms with Crippen molar-refractivity contribution in [3.8, 4) is 0 Å². The molecule has 0 unspecified atom stereocenters. The Labute approximate surface area is 175 Å². The minimum Gasteiger partial charge on any atom is -0.379 e. The van der Waals surface area contributed by atoms with Gasteiger partial charge in [-0.05, 0) is 44.1 Å². The van der Waals surface area contributed by atoms with E-state index < -0.39 is 0 Å². The maximum atomic E-state index is 5.77. The number of aliphatic imine (C=N–C) groups is 1. The predicted molar refractivity (Wildman–Crippen MR) is 118 cm³/mol. The molecule has 158 valence electrons. The number of aromatic nitrogens is 2. The second kappa shape index (κ2) is 11.6. The van der Waals surface area contributed by atoms with Gasteiger partial charge in [0.25, 0.3) is 0 Å². The number of guanidine groups is 1. The summed E-state index contributed by atoms with van der Waals surface area (Å²) in [4.78, 5) is 11.5. The van der Waals surface area contributed by atoms with Crippen LogP contribution in [0.15, 0.2) is 47.7 Å². The highest BCUT2D eigenvalue weighted by atomic mass is 16.5. The molecule has 2 aromatic rings. The Balaban J connectivity index is 1.47. The smallest absolute Gasteiger partial charge is 0.194 e. The molecule has 0 atom stereocenters. The molecule has 1 aliphatic rings. The molecule has 1 aliphatic carbocycles. The quantitative estimate of drug-likeness (QED) is 0.339. The molecule has 6 heteroatoms. The van der Waals surface area contributed by atoms with Gasteiger partial charge in [0, 0.05) is 45.7 Å². The van der Waals surface area contributed by atoms with E-state index in [1.54, 1.807) is 0 Å². The lowest BCUT2D eigenvalue weighted by Gasteiger charge is -2.22. The molecule has 1 saturated carbocycles. The van der Waals surface area contributed by atoms with Crippen molar-refractivity contribution < 1.29 is 4.74 Å². The standard InChI is InChI=1S/C23H35N5O/c1-3-24-23(27(2)16-17-29-19-21-11-12-21)26-18-22-25-13-15-28(22)14-7-10-20-8-5-4-6-9-20/h4-6,8-9,13,15,21H,3,7,10-12,14,16-19H2,1-2H3,(H,24,26). The molecular formula is C23H35N5O. The van der Waals surface area contributed by atoms with E-state index in [2.05, 4.69) is 70.3 Å². The van der Waals surface area contributed by atoms with E-state index in [1.807, 2.05) is 6.20 Å². The van der Waals surface area contributed by atoms with Crippen molar-refractivity contribution in [1.29, 1.82) is 0 Å². The number of imidazole rings is 1. The topological polar surface area (TPSA) is 54.7 Å². The van der Waals surface area contributed by atoms with Gasteiger partial charge in [0.15, 0.2) is 5.96 Å². The molecule has 0 radical (unpaired) electrons. The Kier molecular flexibility index (Phi) is 8.56. The summed E-state index contributed by atoms with van der Waals surface area (Å²) in [6.45, 7) is 6.96. The van der Waals surface area contributed by atoms with Gasteiger partial charge in [-0.2, -0.15) is 0 Å². The summed E-state index contributed by atoms with van der Waals surface area (Å²) in [5.74, 6) is 2.72. The van der Waals surface area contributed by atoms with Crippen molar-refractivity contribution in [2.75, 3.05) is 33.4 Å². The van der Waals surface area contributed by atoms with Crippen molar-refractivity contribution in [3.05, 3.63) is 54.1 Å². The third kappa shape index (κ3) is 7.54.